The van der Waals surface area contributed by atoms with E-state index in [0.717, 1.165) is 17.4 Å². The molecule has 19 heavy (non-hydrogen) atoms. The lowest BCUT2D eigenvalue weighted by Gasteiger charge is -2.00. The molecular weight excluding hydrogens is 311 g/mol. The van der Waals surface area contributed by atoms with Crippen LogP contribution >= 0.6 is 34.5 Å². The van der Waals surface area contributed by atoms with E-state index in [-0.39, 0.29) is 26.4 Å². The van der Waals surface area contributed by atoms with E-state index in [9.17, 15) is 14.9 Å². The summed E-state index contributed by atoms with van der Waals surface area (Å²) in [6.07, 6.45) is 0. The van der Waals surface area contributed by atoms with Crippen molar-refractivity contribution >= 4 is 51.0 Å². The van der Waals surface area contributed by atoms with Gasteiger partial charge >= 0.3 is 5.69 Å². The molecule has 0 amide bonds. The number of halogens is 2. The number of ketones is 1. The number of carbonyl (C=O) groups excluding carboxylic acids is 1. The average Bonchev–Trinajstić information content (AvgIpc) is 2.74. The lowest BCUT2D eigenvalue weighted by molar-refractivity contribution is -0.383. The molecule has 2 rings (SSSR count). The van der Waals surface area contributed by atoms with E-state index in [4.69, 9.17) is 28.9 Å². The topological polar surface area (TPSA) is 86.2 Å². The second-order valence-corrected chi connectivity index (χ2v) is 5.47. The van der Waals surface area contributed by atoms with Gasteiger partial charge < -0.3 is 5.73 Å². The van der Waals surface area contributed by atoms with Gasteiger partial charge in [0.25, 0.3) is 0 Å². The zero-order valence-electron chi connectivity index (χ0n) is 9.22. The lowest BCUT2D eigenvalue weighted by Crippen LogP contribution is -1.98. The van der Waals surface area contributed by atoms with Gasteiger partial charge in [0.15, 0.2) is 5.00 Å². The first kappa shape index (κ1) is 13.8. The van der Waals surface area contributed by atoms with Crippen LogP contribution in [0.15, 0.2) is 24.3 Å². The molecule has 0 radical (unpaired) electrons. The second-order valence-electron chi connectivity index (χ2n) is 3.58. The third kappa shape index (κ3) is 2.70. The van der Waals surface area contributed by atoms with Gasteiger partial charge in [0, 0.05) is 11.6 Å². The number of hydrogen-bond acceptors (Lipinski definition) is 5. The number of nitrogens with two attached hydrogens (primary N) is 1. The first-order valence-electron chi connectivity index (χ1n) is 4.93. The van der Waals surface area contributed by atoms with E-state index in [1.165, 1.54) is 18.2 Å². The fourth-order valence-corrected chi connectivity index (χ4v) is 2.58. The number of benzene rings is 1. The molecule has 0 aliphatic carbocycles. The molecule has 0 fully saturated rings. The maximum atomic E-state index is 12.1. The Morgan fingerprint density at radius 3 is 2.47 bits per heavy atom. The summed E-state index contributed by atoms with van der Waals surface area (Å²) in [4.78, 5) is 22.4. The highest BCUT2D eigenvalue weighted by Crippen LogP contribution is 2.33. The number of anilines is 1. The smallest absolute Gasteiger partial charge is 0.303 e. The predicted molar refractivity (Wildman–Crippen MR) is 75.3 cm³/mol. The van der Waals surface area contributed by atoms with Crippen LogP contribution in [0.1, 0.15) is 15.2 Å². The summed E-state index contributed by atoms with van der Waals surface area (Å²) in [5, 5.41) is 11.2. The fraction of sp³-hybridized carbons (Fsp3) is 0. The second kappa shape index (κ2) is 5.16. The number of nitrogen functional groups attached to an aromatic ring is 1. The van der Waals surface area contributed by atoms with E-state index < -0.39 is 4.92 Å². The minimum atomic E-state index is -0.628. The molecule has 0 atom stereocenters. The summed E-state index contributed by atoms with van der Waals surface area (Å²) in [6.45, 7) is 0. The van der Waals surface area contributed by atoms with E-state index in [2.05, 4.69) is 0 Å². The van der Waals surface area contributed by atoms with Crippen LogP contribution in [0, 0.1) is 10.1 Å². The first-order chi connectivity index (χ1) is 8.90. The molecule has 98 valence electrons. The lowest BCUT2D eigenvalue weighted by atomic mass is 10.1. The van der Waals surface area contributed by atoms with Gasteiger partial charge in [0.2, 0.25) is 5.78 Å². The van der Waals surface area contributed by atoms with Crippen LogP contribution in [0.25, 0.3) is 0 Å². The number of rotatable bonds is 3. The van der Waals surface area contributed by atoms with Gasteiger partial charge in [-0.3, -0.25) is 14.9 Å². The number of hydrogen-bond donors (Lipinski definition) is 1. The fourth-order valence-electron chi connectivity index (χ4n) is 1.43. The Morgan fingerprint density at radius 2 is 1.95 bits per heavy atom. The summed E-state index contributed by atoms with van der Waals surface area (Å²) < 4.78 is 0. The van der Waals surface area contributed by atoms with Crippen molar-refractivity contribution in [2.24, 2.45) is 0 Å². The monoisotopic (exact) mass is 316 g/mol. The summed E-state index contributed by atoms with van der Waals surface area (Å²) >= 11 is 12.4. The molecule has 0 aliphatic heterocycles. The zero-order chi connectivity index (χ0) is 14.2. The normalized spacial score (nSPS) is 10.4. The number of nitro groups is 1. The molecule has 0 saturated carbocycles. The van der Waals surface area contributed by atoms with Gasteiger partial charge in [-0.1, -0.05) is 23.2 Å². The molecule has 2 aromatic rings. The van der Waals surface area contributed by atoms with Gasteiger partial charge in [-0.2, -0.15) is 0 Å². The molecule has 0 saturated heterocycles. The third-order valence-corrected chi connectivity index (χ3v) is 4.03. The predicted octanol–water partition coefficient (Wildman–Crippen LogP) is 3.78. The Kier molecular flexibility index (Phi) is 3.75. The van der Waals surface area contributed by atoms with Crippen LogP contribution in [0.2, 0.25) is 10.0 Å². The molecular formula is C11H6Cl2N2O3S. The molecule has 5 nitrogen and oxygen atoms in total. The van der Waals surface area contributed by atoms with E-state index in [1.54, 1.807) is 0 Å². The number of nitrogens with zero attached hydrogens (tertiary/aromatic N) is 1. The molecule has 2 N–H and O–H groups in total. The highest BCUT2D eigenvalue weighted by atomic mass is 35.5. The maximum absolute atomic E-state index is 12.1. The van der Waals surface area contributed by atoms with Crippen molar-refractivity contribution in [3.05, 3.63) is 54.9 Å². The zero-order valence-corrected chi connectivity index (χ0v) is 11.6. The quantitative estimate of drug-likeness (QED) is 0.530. The van der Waals surface area contributed by atoms with E-state index >= 15 is 0 Å². The Hall–Kier alpha value is -1.63. The van der Waals surface area contributed by atoms with Crippen molar-refractivity contribution in [2.45, 2.75) is 0 Å². The highest BCUT2D eigenvalue weighted by molar-refractivity contribution is 7.18. The van der Waals surface area contributed by atoms with Gasteiger partial charge in [-0.15, -0.1) is 11.3 Å². The molecule has 1 aromatic carbocycles. The average molecular weight is 317 g/mol. The largest absolute Gasteiger partial charge is 0.385 e. The van der Waals surface area contributed by atoms with Crippen molar-refractivity contribution < 1.29 is 9.72 Å². The summed E-state index contributed by atoms with van der Waals surface area (Å²) in [5.74, 6) is -0.386. The van der Waals surface area contributed by atoms with Crippen LogP contribution in [0.5, 0.6) is 0 Å². The van der Waals surface area contributed by atoms with E-state index in [0.29, 0.717) is 10.6 Å². The number of thiophene rings is 1. The summed E-state index contributed by atoms with van der Waals surface area (Å²) in [6, 6.07) is 5.56. The van der Waals surface area contributed by atoms with Crippen LogP contribution in [0.4, 0.5) is 10.7 Å². The summed E-state index contributed by atoms with van der Waals surface area (Å²) in [7, 11) is 0. The SMILES string of the molecule is Nc1sc(C(=O)c2ccc(Cl)c(Cl)c2)cc1[N+](=O)[O-]. The van der Waals surface area contributed by atoms with Crippen molar-refractivity contribution in [1.29, 1.82) is 0 Å². The number of carbonyl (C=O) groups is 1. The van der Waals surface area contributed by atoms with Crippen LogP contribution in [0.3, 0.4) is 0 Å². The maximum Gasteiger partial charge on any atom is 0.303 e. The first-order valence-corrected chi connectivity index (χ1v) is 6.51. The van der Waals surface area contributed by atoms with Crippen molar-refractivity contribution in [1.82, 2.24) is 0 Å². The molecule has 0 bridgehead atoms. The van der Waals surface area contributed by atoms with Crippen LogP contribution < -0.4 is 5.73 Å². The van der Waals surface area contributed by atoms with E-state index in [1.807, 2.05) is 0 Å². The third-order valence-electron chi connectivity index (χ3n) is 2.34. The van der Waals surface area contributed by atoms with Crippen LogP contribution in [-0.4, -0.2) is 10.7 Å². The minimum absolute atomic E-state index is 0.00610. The Bertz CT molecular complexity index is 685. The standard InChI is InChI=1S/C11H6Cl2N2O3S/c12-6-2-1-5(3-7(6)13)10(16)9-4-8(15(17)18)11(14)19-9/h1-4H,14H2. The Morgan fingerprint density at radius 1 is 1.26 bits per heavy atom. The van der Waals surface area contributed by atoms with Crippen molar-refractivity contribution in [3.63, 3.8) is 0 Å². The molecule has 0 aliphatic rings. The Labute approximate surface area is 121 Å². The minimum Gasteiger partial charge on any atom is -0.385 e. The highest BCUT2D eigenvalue weighted by Gasteiger charge is 2.21. The Balaban J connectivity index is 2.41. The summed E-state index contributed by atoms with van der Waals surface area (Å²) in [5.41, 5.74) is 5.52. The van der Waals surface area contributed by atoms with Crippen molar-refractivity contribution in [2.75, 3.05) is 5.73 Å². The molecule has 0 spiro atoms. The molecule has 8 heteroatoms. The molecule has 0 unspecified atom stereocenters. The van der Waals surface area contributed by atoms with Gasteiger partial charge in [0.1, 0.15) is 0 Å². The van der Waals surface area contributed by atoms with Gasteiger partial charge in [-0.25, -0.2) is 0 Å². The van der Waals surface area contributed by atoms with Crippen LogP contribution in [-0.2, 0) is 0 Å². The molecule has 1 heterocycles. The van der Waals surface area contributed by atoms with Gasteiger partial charge in [-0.05, 0) is 18.2 Å². The van der Waals surface area contributed by atoms with Gasteiger partial charge in [0.05, 0.1) is 19.8 Å². The molecule has 1 aromatic heterocycles. The van der Waals surface area contributed by atoms with Crippen molar-refractivity contribution in [3.8, 4) is 0 Å².